The number of nitrogen functional groups attached to an aromatic ring is 1. The lowest BCUT2D eigenvalue weighted by Crippen LogP contribution is -2.52. The quantitative estimate of drug-likeness (QED) is 0.284. The highest BCUT2D eigenvalue weighted by Crippen LogP contribution is 2.51. The van der Waals surface area contributed by atoms with Gasteiger partial charge in [-0.1, -0.05) is 0 Å². The van der Waals surface area contributed by atoms with Crippen molar-refractivity contribution in [3.63, 3.8) is 0 Å². The highest BCUT2D eigenvalue weighted by atomic mass is 19.4. The van der Waals surface area contributed by atoms with Crippen LogP contribution in [0.1, 0.15) is 28.8 Å². The number of nitrogens with one attached hydrogen (secondary N) is 2. The van der Waals surface area contributed by atoms with E-state index in [0.717, 1.165) is 15.5 Å². The van der Waals surface area contributed by atoms with Crippen LogP contribution in [0.5, 0.6) is 0 Å². The maximum atomic E-state index is 15.6. The number of hydrogen-bond acceptors (Lipinski definition) is 8. The molecule has 4 aromatic rings. The number of piperidine rings is 1. The SMILES string of the molecule is Nc1ccn(-c2c(F)ccc3c2C2(CCN(C(=O)c4cnc5[nH]ncc5c4)CC2)C(=O)N3CC(=O)NCC(F)(F)F)c(=O)n1. The van der Waals surface area contributed by atoms with Crippen LogP contribution < -0.4 is 21.6 Å². The second kappa shape index (κ2) is 10.4. The molecule has 228 valence electrons. The number of amides is 3. The molecule has 1 spiro atoms. The number of fused-ring (bicyclic) bond motifs is 3. The number of likely N-dealkylation sites (tertiary alicyclic amines) is 1. The Morgan fingerprint density at radius 1 is 1.11 bits per heavy atom. The zero-order valence-electron chi connectivity index (χ0n) is 22.7. The van der Waals surface area contributed by atoms with E-state index in [1.54, 1.807) is 11.4 Å². The summed E-state index contributed by atoms with van der Waals surface area (Å²) in [5, 5.41) is 8.94. The average Bonchev–Trinajstić information content (AvgIpc) is 3.54. The van der Waals surface area contributed by atoms with Gasteiger partial charge in [0.15, 0.2) is 5.65 Å². The number of alkyl halides is 3. The van der Waals surface area contributed by atoms with Crippen molar-refractivity contribution in [2.24, 2.45) is 0 Å². The molecule has 0 radical (unpaired) electrons. The highest BCUT2D eigenvalue weighted by molar-refractivity contribution is 6.12. The molecule has 1 fully saturated rings. The van der Waals surface area contributed by atoms with Crippen LogP contribution in [0.4, 0.5) is 29.1 Å². The topological polar surface area (TPSA) is 172 Å². The van der Waals surface area contributed by atoms with Crippen LogP contribution in [0.15, 0.2) is 47.7 Å². The summed E-state index contributed by atoms with van der Waals surface area (Å²) in [5.74, 6) is -3.14. The summed E-state index contributed by atoms with van der Waals surface area (Å²) in [5.41, 5.74) is 3.73. The van der Waals surface area contributed by atoms with E-state index in [9.17, 15) is 32.3 Å². The number of pyridine rings is 1. The van der Waals surface area contributed by atoms with Crippen LogP contribution in [0.3, 0.4) is 0 Å². The number of halogens is 4. The third-order valence-corrected chi connectivity index (χ3v) is 7.83. The monoisotopic (exact) mass is 613 g/mol. The van der Waals surface area contributed by atoms with Crippen molar-refractivity contribution in [2.45, 2.75) is 24.4 Å². The molecule has 17 heteroatoms. The Hall–Kier alpha value is -5.35. The average molecular weight is 614 g/mol. The fourth-order valence-corrected chi connectivity index (χ4v) is 5.80. The molecule has 6 rings (SSSR count). The molecule has 3 aromatic heterocycles. The van der Waals surface area contributed by atoms with Gasteiger partial charge in [0.1, 0.15) is 24.7 Å². The molecule has 3 amide bonds. The first-order chi connectivity index (χ1) is 20.9. The van der Waals surface area contributed by atoms with Crippen molar-refractivity contribution in [3.8, 4) is 5.69 Å². The summed E-state index contributed by atoms with van der Waals surface area (Å²) in [6.07, 6.45) is -0.667. The Labute approximate surface area is 244 Å². The van der Waals surface area contributed by atoms with E-state index in [0.29, 0.717) is 11.0 Å². The Morgan fingerprint density at radius 2 is 1.86 bits per heavy atom. The van der Waals surface area contributed by atoms with Gasteiger partial charge in [-0.3, -0.25) is 24.0 Å². The van der Waals surface area contributed by atoms with Crippen LogP contribution in [-0.4, -0.2) is 79.7 Å². The molecular weight excluding hydrogens is 590 g/mol. The molecule has 4 N–H and O–H groups in total. The van der Waals surface area contributed by atoms with Gasteiger partial charge in [0.2, 0.25) is 11.8 Å². The van der Waals surface area contributed by atoms with Crippen molar-refractivity contribution < 1.29 is 31.9 Å². The predicted molar refractivity (Wildman–Crippen MR) is 146 cm³/mol. The predicted octanol–water partition coefficient (Wildman–Crippen LogP) is 1.42. The third kappa shape index (κ3) is 4.88. The van der Waals surface area contributed by atoms with Crippen molar-refractivity contribution in [3.05, 3.63) is 70.3 Å². The first-order valence-corrected chi connectivity index (χ1v) is 13.3. The van der Waals surface area contributed by atoms with Gasteiger partial charge in [-0.2, -0.15) is 23.3 Å². The number of carbonyl (C=O) groups is 3. The van der Waals surface area contributed by atoms with Crippen LogP contribution in [0, 0.1) is 5.82 Å². The van der Waals surface area contributed by atoms with Gasteiger partial charge >= 0.3 is 11.9 Å². The number of nitrogens with two attached hydrogens (primary N) is 1. The molecule has 2 aliphatic rings. The number of carbonyl (C=O) groups excluding carboxylic acids is 3. The zero-order valence-corrected chi connectivity index (χ0v) is 22.7. The summed E-state index contributed by atoms with van der Waals surface area (Å²) in [7, 11) is 0. The number of benzene rings is 1. The third-order valence-electron chi connectivity index (χ3n) is 7.83. The molecule has 44 heavy (non-hydrogen) atoms. The Bertz CT molecular complexity index is 1880. The van der Waals surface area contributed by atoms with Crippen LogP contribution in [0.2, 0.25) is 0 Å². The van der Waals surface area contributed by atoms with Crippen molar-refractivity contribution in [1.82, 2.24) is 34.9 Å². The van der Waals surface area contributed by atoms with Gasteiger partial charge in [-0.15, -0.1) is 0 Å². The van der Waals surface area contributed by atoms with E-state index in [4.69, 9.17) is 5.73 Å². The summed E-state index contributed by atoms with van der Waals surface area (Å²) >= 11 is 0. The second-order valence-electron chi connectivity index (χ2n) is 10.5. The lowest BCUT2D eigenvalue weighted by atomic mass is 9.72. The standard InChI is InChI=1S/C27H23F4N9O4/c28-16-1-2-17-20(21(16)39-6-3-18(32)36-25(39)44)26(24(43)40(17)12-19(41)34-13-27(29,30)31)4-7-38(8-5-26)23(42)15-9-14-11-35-37-22(14)33-10-15/h1-3,6,9-11H,4-5,7-8,12-13H2,(H,34,41)(H2,32,36,44)(H,33,35,37). The largest absolute Gasteiger partial charge is 0.405 e. The molecule has 1 saturated heterocycles. The lowest BCUT2D eigenvalue weighted by Gasteiger charge is -2.39. The molecule has 0 bridgehead atoms. The van der Waals surface area contributed by atoms with Crippen molar-refractivity contribution >= 4 is 40.3 Å². The Balaban J connectivity index is 1.38. The number of anilines is 2. The van der Waals surface area contributed by atoms with Crippen molar-refractivity contribution in [2.75, 3.05) is 36.8 Å². The Morgan fingerprint density at radius 3 is 2.57 bits per heavy atom. The minimum absolute atomic E-state index is 0.0202. The maximum Gasteiger partial charge on any atom is 0.405 e. The number of H-pyrrole nitrogens is 1. The molecule has 5 heterocycles. The van der Waals surface area contributed by atoms with Crippen LogP contribution in [-0.2, 0) is 15.0 Å². The summed E-state index contributed by atoms with van der Waals surface area (Å²) in [6, 6.07) is 5.10. The number of nitrogens with zero attached hydrogens (tertiary/aromatic N) is 6. The van der Waals surface area contributed by atoms with Gasteiger partial charge in [-0.25, -0.2) is 14.2 Å². The molecule has 0 aliphatic carbocycles. The fourth-order valence-electron chi connectivity index (χ4n) is 5.80. The van der Waals surface area contributed by atoms with Gasteiger partial charge in [0, 0.05) is 36.4 Å². The summed E-state index contributed by atoms with van der Waals surface area (Å²) in [4.78, 5) is 63.2. The second-order valence-corrected chi connectivity index (χ2v) is 10.5. The smallest absolute Gasteiger partial charge is 0.383 e. The normalized spacial score (nSPS) is 16.0. The van der Waals surface area contributed by atoms with Gasteiger partial charge in [-0.05, 0) is 37.1 Å². The molecule has 0 saturated carbocycles. The number of aromatic nitrogens is 5. The number of hydrogen-bond donors (Lipinski definition) is 3. The molecule has 0 atom stereocenters. The summed E-state index contributed by atoms with van der Waals surface area (Å²) in [6.45, 7) is -2.36. The first-order valence-electron chi connectivity index (χ1n) is 13.3. The van der Waals surface area contributed by atoms with Gasteiger partial charge in [0.05, 0.1) is 28.6 Å². The molecular formula is C27H23F4N9O4. The van der Waals surface area contributed by atoms with E-state index in [-0.39, 0.29) is 60.2 Å². The minimum Gasteiger partial charge on any atom is -0.383 e. The van der Waals surface area contributed by atoms with Gasteiger partial charge in [0.25, 0.3) is 5.91 Å². The first kappa shape index (κ1) is 28.8. The number of aromatic amines is 1. The summed E-state index contributed by atoms with van der Waals surface area (Å²) < 4.78 is 54.7. The van der Waals surface area contributed by atoms with E-state index in [1.165, 1.54) is 35.6 Å². The fraction of sp³-hybridized carbons (Fsp3) is 0.296. The number of rotatable bonds is 5. The molecule has 0 unspecified atom stereocenters. The molecule has 1 aromatic carbocycles. The highest BCUT2D eigenvalue weighted by Gasteiger charge is 2.55. The maximum absolute atomic E-state index is 15.6. The van der Waals surface area contributed by atoms with E-state index < -0.39 is 48.0 Å². The minimum atomic E-state index is -4.68. The zero-order chi connectivity index (χ0) is 31.4. The van der Waals surface area contributed by atoms with Crippen LogP contribution >= 0.6 is 0 Å². The van der Waals surface area contributed by atoms with E-state index in [2.05, 4.69) is 20.2 Å². The van der Waals surface area contributed by atoms with Gasteiger partial charge < -0.3 is 20.9 Å². The molecule has 13 nitrogen and oxygen atoms in total. The van der Waals surface area contributed by atoms with E-state index >= 15 is 4.39 Å². The Kier molecular flexibility index (Phi) is 6.81. The lowest BCUT2D eigenvalue weighted by molar-refractivity contribution is -0.138. The van der Waals surface area contributed by atoms with Crippen molar-refractivity contribution in [1.29, 1.82) is 0 Å². The molecule has 2 aliphatic heterocycles. The van der Waals surface area contributed by atoms with E-state index in [1.807, 2.05) is 0 Å². The van der Waals surface area contributed by atoms with Crippen LogP contribution in [0.25, 0.3) is 16.7 Å².